The summed E-state index contributed by atoms with van der Waals surface area (Å²) in [4.78, 5) is 11.0. The molecule has 0 radical (unpaired) electrons. The van der Waals surface area contributed by atoms with Gasteiger partial charge in [-0.2, -0.15) is 0 Å². The van der Waals surface area contributed by atoms with Crippen LogP contribution >= 0.6 is 0 Å². The maximum atomic E-state index is 12.6. The molecule has 2 aromatic rings. The number of ether oxygens (including phenoxy) is 2. The van der Waals surface area contributed by atoms with Crippen LogP contribution < -0.4 is 19.5 Å². The van der Waals surface area contributed by atoms with E-state index in [2.05, 4.69) is 10.0 Å². The lowest BCUT2D eigenvalue weighted by molar-refractivity contribution is -0.119. The summed E-state index contributed by atoms with van der Waals surface area (Å²) < 4.78 is 37.9. The molecule has 0 aliphatic carbocycles. The maximum Gasteiger partial charge on any atom is 0.262 e. The summed E-state index contributed by atoms with van der Waals surface area (Å²) >= 11 is 0. The number of nitrogens with one attached hydrogen (secondary N) is 2. The summed E-state index contributed by atoms with van der Waals surface area (Å²) in [6.45, 7) is 1.76. The summed E-state index contributed by atoms with van der Waals surface area (Å²) in [6, 6.07) is 11.1. The van der Waals surface area contributed by atoms with E-state index in [-0.39, 0.29) is 16.5 Å². The predicted octanol–water partition coefficient (Wildman–Crippen LogP) is 2.14. The Morgan fingerprint density at radius 2 is 1.72 bits per heavy atom. The Bertz CT molecular complexity index is 848. The molecule has 0 aromatic heterocycles. The maximum absolute atomic E-state index is 12.6. The van der Waals surface area contributed by atoms with Gasteiger partial charge in [-0.3, -0.25) is 9.52 Å². The first-order valence-electron chi connectivity index (χ1n) is 7.44. The zero-order valence-corrected chi connectivity index (χ0v) is 15.0. The minimum atomic E-state index is -3.79. The van der Waals surface area contributed by atoms with Crippen molar-refractivity contribution in [1.82, 2.24) is 5.32 Å². The number of carbonyl (C=O) groups excluding carboxylic acids is 1. The van der Waals surface area contributed by atoms with Crippen LogP contribution in [0.2, 0.25) is 0 Å². The second kappa shape index (κ2) is 7.89. The smallest absolute Gasteiger partial charge is 0.262 e. The van der Waals surface area contributed by atoms with Gasteiger partial charge in [-0.1, -0.05) is 12.1 Å². The molecular formula is C17H20N2O5S. The van der Waals surface area contributed by atoms with Crippen molar-refractivity contribution in [1.29, 1.82) is 0 Å². The largest absolute Gasteiger partial charge is 0.497 e. The van der Waals surface area contributed by atoms with E-state index in [4.69, 9.17) is 9.47 Å². The van der Waals surface area contributed by atoms with Gasteiger partial charge in [0, 0.05) is 19.5 Å². The number of hydrogen-bond donors (Lipinski definition) is 2. The molecule has 134 valence electrons. The second-order valence-electron chi connectivity index (χ2n) is 5.23. The van der Waals surface area contributed by atoms with E-state index < -0.39 is 10.0 Å². The van der Waals surface area contributed by atoms with E-state index >= 15 is 0 Å². The normalized spacial score (nSPS) is 10.8. The van der Waals surface area contributed by atoms with Gasteiger partial charge in [0.25, 0.3) is 10.0 Å². The molecule has 25 heavy (non-hydrogen) atoms. The molecule has 7 nitrogen and oxygen atoms in total. The van der Waals surface area contributed by atoms with Gasteiger partial charge in [0.1, 0.15) is 11.5 Å². The monoisotopic (exact) mass is 364 g/mol. The van der Waals surface area contributed by atoms with Crippen molar-refractivity contribution >= 4 is 21.6 Å². The van der Waals surface area contributed by atoms with Crippen molar-refractivity contribution in [2.45, 2.75) is 18.4 Å². The van der Waals surface area contributed by atoms with Gasteiger partial charge in [-0.05, 0) is 29.8 Å². The molecule has 0 bridgehead atoms. The van der Waals surface area contributed by atoms with Crippen molar-refractivity contribution in [2.75, 3.05) is 18.9 Å². The number of carbonyl (C=O) groups is 1. The predicted molar refractivity (Wildman–Crippen MR) is 94.3 cm³/mol. The lowest BCUT2D eigenvalue weighted by atomic mass is 10.2. The quantitative estimate of drug-likeness (QED) is 0.785. The highest BCUT2D eigenvalue weighted by atomic mass is 32.2. The van der Waals surface area contributed by atoms with E-state index in [1.165, 1.54) is 33.3 Å². The highest BCUT2D eigenvalue weighted by molar-refractivity contribution is 7.92. The van der Waals surface area contributed by atoms with E-state index in [0.717, 1.165) is 5.56 Å². The van der Waals surface area contributed by atoms with Crippen LogP contribution in [0.1, 0.15) is 12.5 Å². The number of benzene rings is 2. The highest BCUT2D eigenvalue weighted by Gasteiger charge is 2.17. The van der Waals surface area contributed by atoms with Gasteiger partial charge in [-0.25, -0.2) is 8.42 Å². The van der Waals surface area contributed by atoms with Crippen molar-refractivity contribution in [3.05, 3.63) is 48.0 Å². The number of hydrogen-bond acceptors (Lipinski definition) is 5. The van der Waals surface area contributed by atoms with Gasteiger partial charge >= 0.3 is 0 Å². The van der Waals surface area contributed by atoms with Crippen LogP contribution in [-0.4, -0.2) is 28.5 Å². The first kappa shape index (κ1) is 18.6. The minimum Gasteiger partial charge on any atom is -0.497 e. The zero-order chi connectivity index (χ0) is 18.4. The van der Waals surface area contributed by atoms with Gasteiger partial charge in [0.15, 0.2) is 0 Å². The first-order valence-corrected chi connectivity index (χ1v) is 8.92. The van der Waals surface area contributed by atoms with Gasteiger partial charge in [-0.15, -0.1) is 0 Å². The molecule has 0 aliphatic rings. The van der Waals surface area contributed by atoms with Crippen LogP contribution in [-0.2, 0) is 21.4 Å². The third kappa shape index (κ3) is 4.87. The van der Waals surface area contributed by atoms with E-state index in [9.17, 15) is 13.2 Å². The molecule has 0 heterocycles. The molecule has 0 unspecified atom stereocenters. The van der Waals surface area contributed by atoms with Crippen molar-refractivity contribution < 1.29 is 22.7 Å². The van der Waals surface area contributed by atoms with E-state index in [1.807, 2.05) is 0 Å². The molecule has 0 spiro atoms. The van der Waals surface area contributed by atoms with E-state index in [1.54, 1.807) is 30.3 Å². The Morgan fingerprint density at radius 3 is 2.28 bits per heavy atom. The van der Waals surface area contributed by atoms with Gasteiger partial charge in [0.2, 0.25) is 5.91 Å². The Morgan fingerprint density at radius 1 is 1.04 bits per heavy atom. The topological polar surface area (TPSA) is 93.7 Å². The average molecular weight is 364 g/mol. The third-order valence-electron chi connectivity index (χ3n) is 3.43. The van der Waals surface area contributed by atoms with E-state index in [0.29, 0.717) is 18.0 Å². The Labute approximate surface area is 147 Å². The zero-order valence-electron chi connectivity index (χ0n) is 14.2. The minimum absolute atomic E-state index is 0.101. The molecule has 8 heteroatoms. The van der Waals surface area contributed by atoms with Crippen LogP contribution in [0.3, 0.4) is 0 Å². The van der Waals surface area contributed by atoms with Crippen LogP contribution in [0, 0.1) is 0 Å². The molecule has 0 aliphatic heterocycles. The standard InChI is InChI=1S/C17H20N2O5S/c1-12(20)18-11-13-4-7-15(8-5-13)25(21,22)19-16-10-14(23-2)6-9-17(16)24-3/h4-10,19H,11H2,1-3H3,(H,18,20). The molecule has 0 saturated carbocycles. The van der Waals surface area contributed by atoms with Crippen molar-refractivity contribution in [3.63, 3.8) is 0 Å². The molecule has 2 rings (SSSR count). The summed E-state index contributed by atoms with van der Waals surface area (Å²) in [7, 11) is -0.843. The number of methoxy groups -OCH3 is 2. The Balaban J connectivity index is 2.23. The second-order valence-corrected chi connectivity index (χ2v) is 6.91. The molecule has 1 amide bonds. The van der Waals surface area contributed by atoms with Crippen molar-refractivity contribution in [3.8, 4) is 11.5 Å². The third-order valence-corrected chi connectivity index (χ3v) is 4.81. The fourth-order valence-corrected chi connectivity index (χ4v) is 3.17. The van der Waals surface area contributed by atoms with Crippen molar-refractivity contribution in [2.24, 2.45) is 0 Å². The molecular weight excluding hydrogens is 344 g/mol. The number of sulfonamides is 1. The van der Waals surface area contributed by atoms with Crippen LogP contribution in [0.15, 0.2) is 47.4 Å². The van der Waals surface area contributed by atoms with Crippen LogP contribution in [0.4, 0.5) is 5.69 Å². The van der Waals surface area contributed by atoms with Gasteiger partial charge in [0.05, 0.1) is 24.8 Å². The summed E-state index contributed by atoms with van der Waals surface area (Å²) in [5, 5.41) is 2.65. The molecule has 0 atom stereocenters. The summed E-state index contributed by atoms with van der Waals surface area (Å²) in [6.07, 6.45) is 0. The first-order chi connectivity index (χ1) is 11.9. The summed E-state index contributed by atoms with van der Waals surface area (Å²) in [5.74, 6) is 0.735. The fourth-order valence-electron chi connectivity index (χ4n) is 2.11. The SMILES string of the molecule is COc1ccc(OC)c(NS(=O)(=O)c2ccc(CNC(C)=O)cc2)c1. The number of amides is 1. The average Bonchev–Trinajstić information content (AvgIpc) is 2.60. The number of rotatable bonds is 7. The number of anilines is 1. The lowest BCUT2D eigenvalue weighted by Crippen LogP contribution is -2.19. The molecule has 2 aromatic carbocycles. The Kier molecular flexibility index (Phi) is 5.87. The van der Waals surface area contributed by atoms with Crippen LogP contribution in [0.5, 0.6) is 11.5 Å². The summed E-state index contributed by atoms with van der Waals surface area (Å²) in [5.41, 5.74) is 1.08. The van der Waals surface area contributed by atoms with Crippen LogP contribution in [0.25, 0.3) is 0 Å². The molecule has 2 N–H and O–H groups in total. The molecule has 0 fully saturated rings. The highest BCUT2D eigenvalue weighted by Crippen LogP contribution is 2.30. The lowest BCUT2D eigenvalue weighted by Gasteiger charge is -2.13. The fraction of sp³-hybridized carbons (Fsp3) is 0.235. The molecule has 0 saturated heterocycles. The Hall–Kier alpha value is -2.74. The van der Waals surface area contributed by atoms with Gasteiger partial charge < -0.3 is 14.8 Å².